The van der Waals surface area contributed by atoms with Crippen LogP contribution in [0.25, 0.3) is 11.4 Å². The lowest BCUT2D eigenvalue weighted by atomic mass is 10.2. The molecule has 3 N–H and O–H groups in total. The number of benzene rings is 1. The van der Waals surface area contributed by atoms with Gasteiger partial charge in [-0.3, -0.25) is 0 Å². The molecule has 1 aliphatic carbocycles. The molecule has 3 rings (SSSR count). The summed E-state index contributed by atoms with van der Waals surface area (Å²) in [6, 6.07) is 7.94. The highest BCUT2D eigenvalue weighted by Crippen LogP contribution is 2.31. The first-order chi connectivity index (χ1) is 8.79. The number of anilines is 1. The Kier molecular flexibility index (Phi) is 3.01. The number of nitrogens with zero attached hydrogens (tertiary/aromatic N) is 2. The molecular formula is C13H13BrN4. The zero-order chi connectivity index (χ0) is 12.5. The van der Waals surface area contributed by atoms with Gasteiger partial charge in [-0.15, -0.1) is 0 Å². The van der Waals surface area contributed by atoms with Gasteiger partial charge in [0.15, 0.2) is 5.82 Å². The number of hydrogen-bond donors (Lipinski definition) is 2. The summed E-state index contributed by atoms with van der Waals surface area (Å²) in [6.45, 7) is 0. The number of hydrogen-bond acceptors (Lipinski definition) is 4. The molecule has 0 atom stereocenters. The minimum absolute atomic E-state index is 0.719. The Morgan fingerprint density at radius 2 is 2.00 bits per heavy atom. The molecule has 1 heterocycles. The molecule has 0 spiro atoms. The molecule has 0 saturated heterocycles. The summed E-state index contributed by atoms with van der Waals surface area (Å²) in [6.07, 6.45) is 3.13. The molecule has 2 aromatic rings. The van der Waals surface area contributed by atoms with E-state index in [4.69, 9.17) is 5.84 Å². The van der Waals surface area contributed by atoms with Crippen molar-refractivity contribution in [2.75, 3.05) is 5.43 Å². The van der Waals surface area contributed by atoms with Crippen molar-refractivity contribution in [1.82, 2.24) is 9.97 Å². The second kappa shape index (κ2) is 4.66. The van der Waals surface area contributed by atoms with Gasteiger partial charge in [-0.2, -0.15) is 0 Å². The van der Waals surface area contributed by atoms with E-state index in [1.807, 2.05) is 24.3 Å². The van der Waals surface area contributed by atoms with Gasteiger partial charge in [0.1, 0.15) is 5.82 Å². The van der Waals surface area contributed by atoms with Crippen molar-refractivity contribution in [2.45, 2.75) is 19.3 Å². The maximum Gasteiger partial charge on any atom is 0.162 e. The number of hydrazine groups is 1. The van der Waals surface area contributed by atoms with Crippen molar-refractivity contribution in [3.05, 3.63) is 40.0 Å². The Hall–Kier alpha value is -1.46. The predicted octanol–water partition coefficient (Wildman–Crippen LogP) is 2.68. The third-order valence-electron chi connectivity index (χ3n) is 3.18. The molecule has 0 fully saturated rings. The first-order valence-electron chi connectivity index (χ1n) is 5.91. The maximum atomic E-state index is 5.56. The zero-order valence-electron chi connectivity index (χ0n) is 9.78. The molecule has 0 unspecified atom stereocenters. The van der Waals surface area contributed by atoms with Gasteiger partial charge in [-0.25, -0.2) is 15.8 Å². The standard InChI is InChI=1S/C13H13BrN4/c14-10-6-2-1-4-8(10)12-16-11-7-3-5-9(11)13(17-12)18-15/h1-2,4,6H,3,5,7,15H2,(H,16,17,18). The Balaban J connectivity index is 2.17. The Morgan fingerprint density at radius 3 is 2.78 bits per heavy atom. The van der Waals surface area contributed by atoms with E-state index < -0.39 is 0 Å². The number of nitrogens with one attached hydrogen (secondary N) is 1. The van der Waals surface area contributed by atoms with Gasteiger partial charge >= 0.3 is 0 Å². The number of rotatable bonds is 2. The van der Waals surface area contributed by atoms with E-state index in [1.54, 1.807) is 0 Å². The molecule has 1 aromatic heterocycles. The molecule has 1 aromatic carbocycles. The van der Waals surface area contributed by atoms with Crippen LogP contribution in [0, 0.1) is 0 Å². The third kappa shape index (κ3) is 1.89. The smallest absolute Gasteiger partial charge is 0.162 e. The minimum Gasteiger partial charge on any atom is -0.308 e. The quantitative estimate of drug-likeness (QED) is 0.661. The molecule has 0 amide bonds. The molecule has 5 heteroatoms. The Bertz CT molecular complexity index is 598. The van der Waals surface area contributed by atoms with Gasteiger partial charge in [0.05, 0.1) is 0 Å². The Morgan fingerprint density at radius 1 is 1.17 bits per heavy atom. The topological polar surface area (TPSA) is 63.8 Å². The fraction of sp³-hybridized carbons (Fsp3) is 0.231. The second-order valence-corrected chi connectivity index (χ2v) is 5.15. The van der Waals surface area contributed by atoms with Crippen molar-refractivity contribution < 1.29 is 0 Å². The largest absolute Gasteiger partial charge is 0.308 e. The summed E-state index contributed by atoms with van der Waals surface area (Å²) in [5.41, 5.74) is 5.96. The van der Waals surface area contributed by atoms with Crippen LogP contribution in [0.2, 0.25) is 0 Å². The highest BCUT2D eigenvalue weighted by molar-refractivity contribution is 9.10. The van der Waals surface area contributed by atoms with Crippen molar-refractivity contribution in [2.24, 2.45) is 5.84 Å². The van der Waals surface area contributed by atoms with Gasteiger partial charge in [0.2, 0.25) is 0 Å². The summed E-state index contributed by atoms with van der Waals surface area (Å²) >= 11 is 3.53. The van der Waals surface area contributed by atoms with Crippen LogP contribution in [0.4, 0.5) is 5.82 Å². The van der Waals surface area contributed by atoms with E-state index in [9.17, 15) is 0 Å². The average molecular weight is 305 g/mol. The molecule has 0 saturated carbocycles. The number of halogens is 1. The minimum atomic E-state index is 0.719. The molecule has 92 valence electrons. The SMILES string of the molecule is NNc1nc(-c2ccccc2Br)nc2c1CCC2. The number of aromatic nitrogens is 2. The van der Waals surface area contributed by atoms with Crippen LogP contribution in [0.1, 0.15) is 17.7 Å². The summed E-state index contributed by atoms with van der Waals surface area (Å²) in [7, 11) is 0. The monoisotopic (exact) mass is 304 g/mol. The fourth-order valence-electron chi connectivity index (χ4n) is 2.31. The summed E-state index contributed by atoms with van der Waals surface area (Å²) in [5.74, 6) is 7.03. The van der Waals surface area contributed by atoms with Crippen LogP contribution in [-0.2, 0) is 12.8 Å². The lowest BCUT2D eigenvalue weighted by molar-refractivity contribution is 0.900. The highest BCUT2D eigenvalue weighted by atomic mass is 79.9. The third-order valence-corrected chi connectivity index (χ3v) is 3.88. The molecule has 0 aliphatic heterocycles. The van der Waals surface area contributed by atoms with Gasteiger partial charge in [-0.1, -0.05) is 34.1 Å². The molecule has 0 radical (unpaired) electrons. The van der Waals surface area contributed by atoms with Crippen LogP contribution in [0.15, 0.2) is 28.7 Å². The number of nitrogens with two attached hydrogens (primary N) is 1. The van der Waals surface area contributed by atoms with E-state index >= 15 is 0 Å². The van der Waals surface area contributed by atoms with Crippen LogP contribution >= 0.6 is 15.9 Å². The lowest BCUT2D eigenvalue weighted by Crippen LogP contribution is -2.12. The molecule has 18 heavy (non-hydrogen) atoms. The summed E-state index contributed by atoms with van der Waals surface area (Å²) in [4.78, 5) is 9.17. The van der Waals surface area contributed by atoms with E-state index in [0.717, 1.165) is 52.2 Å². The van der Waals surface area contributed by atoms with Crippen molar-refractivity contribution in [1.29, 1.82) is 0 Å². The van der Waals surface area contributed by atoms with E-state index in [1.165, 1.54) is 0 Å². The molecular weight excluding hydrogens is 292 g/mol. The predicted molar refractivity (Wildman–Crippen MR) is 75.0 cm³/mol. The van der Waals surface area contributed by atoms with Crippen molar-refractivity contribution in [3.8, 4) is 11.4 Å². The molecule has 4 nitrogen and oxygen atoms in total. The van der Waals surface area contributed by atoms with Gasteiger partial charge < -0.3 is 5.43 Å². The summed E-state index contributed by atoms with van der Waals surface area (Å²) in [5, 5.41) is 0. The van der Waals surface area contributed by atoms with E-state index in [2.05, 4.69) is 31.3 Å². The van der Waals surface area contributed by atoms with Crippen LogP contribution in [-0.4, -0.2) is 9.97 Å². The zero-order valence-corrected chi connectivity index (χ0v) is 11.4. The molecule has 1 aliphatic rings. The van der Waals surface area contributed by atoms with Crippen LogP contribution in [0.5, 0.6) is 0 Å². The van der Waals surface area contributed by atoms with Crippen LogP contribution in [0.3, 0.4) is 0 Å². The normalized spacial score (nSPS) is 13.4. The highest BCUT2D eigenvalue weighted by Gasteiger charge is 2.19. The number of fused-ring (bicyclic) bond motifs is 1. The van der Waals surface area contributed by atoms with Gasteiger partial charge in [0.25, 0.3) is 0 Å². The summed E-state index contributed by atoms with van der Waals surface area (Å²) < 4.78 is 0.992. The second-order valence-electron chi connectivity index (χ2n) is 4.30. The van der Waals surface area contributed by atoms with Gasteiger partial charge in [-0.05, 0) is 25.3 Å². The lowest BCUT2D eigenvalue weighted by Gasteiger charge is -2.10. The molecule has 0 bridgehead atoms. The average Bonchev–Trinajstić information content (AvgIpc) is 2.86. The maximum absolute atomic E-state index is 5.56. The van der Waals surface area contributed by atoms with Crippen molar-refractivity contribution >= 4 is 21.7 Å². The first kappa shape index (κ1) is 11.6. The van der Waals surface area contributed by atoms with Gasteiger partial charge in [0, 0.05) is 21.3 Å². The number of aryl methyl sites for hydroxylation is 1. The fourth-order valence-corrected chi connectivity index (χ4v) is 2.78. The number of nitrogen functional groups attached to an aromatic ring is 1. The van der Waals surface area contributed by atoms with E-state index in [-0.39, 0.29) is 0 Å². The van der Waals surface area contributed by atoms with E-state index in [0.29, 0.717) is 0 Å². The first-order valence-corrected chi connectivity index (χ1v) is 6.70. The van der Waals surface area contributed by atoms with Crippen LogP contribution < -0.4 is 11.3 Å². The van der Waals surface area contributed by atoms with Crippen molar-refractivity contribution in [3.63, 3.8) is 0 Å². The Labute approximate surface area is 114 Å².